The fourth-order valence-electron chi connectivity index (χ4n) is 2.28. The Labute approximate surface area is 156 Å². The first-order valence-corrected chi connectivity index (χ1v) is 9.18. The quantitative estimate of drug-likeness (QED) is 0.683. The lowest BCUT2D eigenvalue weighted by Crippen LogP contribution is -2.39. The molecule has 1 atom stereocenters. The fourth-order valence-corrected chi connectivity index (χ4v) is 3.16. The zero-order chi connectivity index (χ0) is 19.1. The van der Waals surface area contributed by atoms with Crippen molar-refractivity contribution in [3.05, 3.63) is 24.3 Å². The van der Waals surface area contributed by atoms with Crippen molar-refractivity contribution < 1.29 is 14.3 Å². The largest absolute Gasteiger partial charge is 0.497 e. The van der Waals surface area contributed by atoms with Crippen molar-refractivity contribution in [3.63, 3.8) is 0 Å². The van der Waals surface area contributed by atoms with Crippen LogP contribution in [0.2, 0.25) is 0 Å². The Hall–Kier alpha value is -2.55. The first-order chi connectivity index (χ1) is 12.5. The van der Waals surface area contributed by atoms with Crippen LogP contribution >= 0.6 is 11.8 Å². The van der Waals surface area contributed by atoms with E-state index in [4.69, 9.17) is 10.5 Å². The van der Waals surface area contributed by atoms with E-state index < -0.39 is 17.2 Å². The molecule has 2 aromatic rings. The number of nitrogens with zero attached hydrogens (tertiary/aromatic N) is 3. The molecule has 0 aliphatic rings. The smallest absolute Gasteiger partial charge is 0.318 e. The average molecular weight is 377 g/mol. The highest BCUT2D eigenvalue weighted by Crippen LogP contribution is 2.28. The molecule has 1 aromatic heterocycles. The number of carbonyl (C=O) groups is 2. The van der Waals surface area contributed by atoms with Gasteiger partial charge >= 0.3 is 6.03 Å². The summed E-state index contributed by atoms with van der Waals surface area (Å²) in [5, 5.41) is 10.7. The summed E-state index contributed by atoms with van der Waals surface area (Å²) in [4.78, 5) is 22.8. The number of urea groups is 1. The first kappa shape index (κ1) is 19.8. The van der Waals surface area contributed by atoms with Gasteiger partial charge in [-0.3, -0.25) is 10.1 Å². The number of imide groups is 1. The number of thioether (sulfide) groups is 1. The summed E-state index contributed by atoms with van der Waals surface area (Å²) in [7, 11) is 1.62. The van der Waals surface area contributed by atoms with E-state index in [2.05, 4.69) is 22.4 Å². The third-order valence-electron chi connectivity index (χ3n) is 3.70. The van der Waals surface area contributed by atoms with Crippen LogP contribution in [0.25, 0.3) is 11.4 Å². The zero-order valence-electron chi connectivity index (χ0n) is 15.1. The topological polar surface area (TPSA) is 112 Å². The summed E-state index contributed by atoms with van der Waals surface area (Å²) < 4.78 is 7.18. The van der Waals surface area contributed by atoms with Crippen LogP contribution in [0.1, 0.15) is 26.7 Å². The molecule has 3 amide bonds. The van der Waals surface area contributed by atoms with Gasteiger partial charge in [0.1, 0.15) is 5.75 Å². The highest BCUT2D eigenvalue weighted by molar-refractivity contribution is 8.00. The molecular formula is C17H23N5O3S. The van der Waals surface area contributed by atoms with Gasteiger partial charge in [0.2, 0.25) is 5.91 Å². The molecule has 0 unspecified atom stereocenters. The van der Waals surface area contributed by atoms with Gasteiger partial charge in [0.05, 0.1) is 12.4 Å². The van der Waals surface area contributed by atoms with Crippen molar-refractivity contribution in [1.82, 2.24) is 20.1 Å². The Morgan fingerprint density at radius 3 is 2.58 bits per heavy atom. The highest BCUT2D eigenvalue weighted by Gasteiger charge is 2.21. The molecule has 0 saturated carbocycles. The Bertz CT molecular complexity index is 760. The maximum Gasteiger partial charge on any atom is 0.318 e. The monoisotopic (exact) mass is 377 g/mol. The Kier molecular flexibility index (Phi) is 7.02. The number of ether oxygens (including phenoxy) is 1. The van der Waals surface area contributed by atoms with E-state index in [1.54, 1.807) is 14.0 Å². The number of nitrogens with two attached hydrogens (primary N) is 1. The second-order valence-electron chi connectivity index (χ2n) is 5.65. The molecule has 2 rings (SSSR count). The van der Waals surface area contributed by atoms with E-state index in [0.29, 0.717) is 5.16 Å². The molecule has 1 aromatic carbocycles. The third kappa shape index (κ3) is 4.98. The standard InChI is InChI=1S/C17H23N5O3S/c1-4-5-10-22-14(12-6-8-13(25-3)9-7-12)20-21-17(22)26-11(2)15(23)19-16(18)24/h6-9,11H,4-5,10H2,1-3H3,(H3,18,19,23,24)/t11-/m0/s1. The van der Waals surface area contributed by atoms with Crippen molar-refractivity contribution in [2.75, 3.05) is 7.11 Å². The number of nitrogens with one attached hydrogen (secondary N) is 1. The predicted octanol–water partition coefficient (Wildman–Crippen LogP) is 2.43. The number of carbonyl (C=O) groups excluding carboxylic acids is 2. The first-order valence-electron chi connectivity index (χ1n) is 8.30. The number of hydrogen-bond donors (Lipinski definition) is 2. The number of benzene rings is 1. The molecule has 0 saturated heterocycles. The van der Waals surface area contributed by atoms with Gasteiger partial charge in [-0.25, -0.2) is 4.79 Å². The highest BCUT2D eigenvalue weighted by atomic mass is 32.2. The van der Waals surface area contributed by atoms with Gasteiger partial charge in [0.25, 0.3) is 0 Å². The summed E-state index contributed by atoms with van der Waals surface area (Å²) in [6.07, 6.45) is 1.97. The molecule has 3 N–H and O–H groups in total. The van der Waals surface area contributed by atoms with Crippen molar-refractivity contribution in [3.8, 4) is 17.1 Å². The van der Waals surface area contributed by atoms with Crippen molar-refractivity contribution in [2.24, 2.45) is 5.73 Å². The summed E-state index contributed by atoms with van der Waals surface area (Å²) in [5.41, 5.74) is 5.91. The number of amides is 3. The van der Waals surface area contributed by atoms with Crippen LogP contribution in [0.5, 0.6) is 5.75 Å². The lowest BCUT2D eigenvalue weighted by Gasteiger charge is -2.13. The molecule has 8 nitrogen and oxygen atoms in total. The van der Waals surface area contributed by atoms with Crippen LogP contribution in [0.3, 0.4) is 0 Å². The number of primary amides is 1. The number of unbranched alkanes of at least 4 members (excludes halogenated alkanes) is 1. The van der Waals surface area contributed by atoms with Crippen LogP contribution < -0.4 is 15.8 Å². The second-order valence-corrected chi connectivity index (χ2v) is 6.96. The molecule has 0 fully saturated rings. The summed E-state index contributed by atoms with van der Waals surface area (Å²) in [5.74, 6) is 1.03. The van der Waals surface area contributed by atoms with E-state index in [1.807, 2.05) is 28.8 Å². The average Bonchev–Trinajstić information content (AvgIpc) is 3.01. The lowest BCUT2D eigenvalue weighted by molar-refractivity contribution is -0.119. The minimum atomic E-state index is -0.867. The molecule has 0 aliphatic carbocycles. The molecular weight excluding hydrogens is 354 g/mol. The van der Waals surface area contributed by atoms with Crippen LogP contribution in [0.15, 0.2) is 29.4 Å². The van der Waals surface area contributed by atoms with Gasteiger partial charge < -0.3 is 15.0 Å². The normalized spacial score (nSPS) is 11.8. The Balaban J connectivity index is 2.27. The maximum absolute atomic E-state index is 11.9. The third-order valence-corrected chi connectivity index (χ3v) is 4.78. The molecule has 0 bridgehead atoms. The lowest BCUT2D eigenvalue weighted by atomic mass is 10.2. The van der Waals surface area contributed by atoms with Crippen molar-refractivity contribution in [2.45, 2.75) is 43.6 Å². The number of aromatic nitrogens is 3. The van der Waals surface area contributed by atoms with E-state index in [0.717, 1.165) is 36.5 Å². The van der Waals surface area contributed by atoms with Gasteiger partial charge in [-0.15, -0.1) is 10.2 Å². The van der Waals surface area contributed by atoms with Gasteiger partial charge in [0, 0.05) is 12.1 Å². The zero-order valence-corrected chi connectivity index (χ0v) is 15.9. The predicted molar refractivity (Wildman–Crippen MR) is 100.0 cm³/mol. The molecule has 0 aliphatic heterocycles. The molecule has 1 heterocycles. The van der Waals surface area contributed by atoms with Gasteiger partial charge in [-0.05, 0) is 37.6 Å². The van der Waals surface area contributed by atoms with Gasteiger partial charge in [0.15, 0.2) is 11.0 Å². The molecule has 9 heteroatoms. The van der Waals surface area contributed by atoms with E-state index in [-0.39, 0.29) is 0 Å². The maximum atomic E-state index is 11.9. The summed E-state index contributed by atoms with van der Waals surface area (Å²) in [6, 6.07) is 6.70. The molecule has 0 radical (unpaired) electrons. The minimum Gasteiger partial charge on any atom is -0.497 e. The van der Waals surface area contributed by atoms with Crippen LogP contribution in [-0.2, 0) is 11.3 Å². The van der Waals surface area contributed by atoms with E-state index >= 15 is 0 Å². The van der Waals surface area contributed by atoms with Crippen molar-refractivity contribution in [1.29, 1.82) is 0 Å². The molecule has 140 valence electrons. The van der Waals surface area contributed by atoms with Crippen LogP contribution in [0, 0.1) is 0 Å². The minimum absolute atomic E-state index is 0.460. The second kappa shape index (κ2) is 9.23. The van der Waals surface area contributed by atoms with Crippen molar-refractivity contribution >= 4 is 23.7 Å². The fraction of sp³-hybridized carbons (Fsp3) is 0.412. The van der Waals surface area contributed by atoms with E-state index in [9.17, 15) is 9.59 Å². The van der Waals surface area contributed by atoms with Crippen LogP contribution in [-0.4, -0.2) is 39.1 Å². The van der Waals surface area contributed by atoms with Gasteiger partial charge in [-0.1, -0.05) is 25.1 Å². The number of rotatable bonds is 8. The number of hydrogen-bond acceptors (Lipinski definition) is 6. The molecule has 26 heavy (non-hydrogen) atoms. The Morgan fingerprint density at radius 2 is 2.00 bits per heavy atom. The number of methoxy groups -OCH3 is 1. The van der Waals surface area contributed by atoms with E-state index in [1.165, 1.54) is 11.8 Å². The summed E-state index contributed by atoms with van der Waals surface area (Å²) >= 11 is 1.24. The van der Waals surface area contributed by atoms with Gasteiger partial charge in [-0.2, -0.15) is 0 Å². The SMILES string of the molecule is CCCCn1c(S[C@@H](C)C(=O)NC(N)=O)nnc1-c1ccc(OC)cc1. The van der Waals surface area contributed by atoms with Crippen LogP contribution in [0.4, 0.5) is 4.79 Å². The molecule has 0 spiro atoms. The summed E-state index contributed by atoms with van der Waals surface area (Å²) in [6.45, 7) is 4.53. The Morgan fingerprint density at radius 1 is 1.31 bits per heavy atom.